The maximum Gasteiger partial charge on any atom is 0.252 e. The second-order valence-electron chi connectivity index (χ2n) is 7.29. The minimum Gasteiger partial charge on any atom is -0.454 e. The average Bonchev–Trinajstić information content (AvgIpc) is 3.53. The number of fused-ring (bicyclic) bond motifs is 1. The van der Waals surface area contributed by atoms with Crippen LogP contribution in [-0.2, 0) is 16.4 Å². The summed E-state index contributed by atoms with van der Waals surface area (Å²) in [5.41, 5.74) is 0.740. The monoisotopic (exact) mass is 447 g/mol. The van der Waals surface area contributed by atoms with Crippen LogP contribution in [0.15, 0.2) is 39.0 Å². The number of hydrogen-bond donors (Lipinski definition) is 0. The Balaban J connectivity index is 1.35. The Morgan fingerprint density at radius 1 is 1.17 bits per heavy atom. The van der Waals surface area contributed by atoms with Crippen molar-refractivity contribution < 1.29 is 22.3 Å². The first-order chi connectivity index (χ1) is 14.5. The third-order valence-electron chi connectivity index (χ3n) is 5.37. The van der Waals surface area contributed by atoms with E-state index in [0.29, 0.717) is 40.6 Å². The molecule has 1 fully saturated rings. The second kappa shape index (κ2) is 7.68. The third kappa shape index (κ3) is 3.48. The maximum atomic E-state index is 13.1. The number of aryl methyl sites for hydroxylation is 1. The fraction of sp³-hybridized carbons (Fsp3) is 0.400. The fourth-order valence-electron chi connectivity index (χ4n) is 3.72. The Morgan fingerprint density at radius 3 is 2.87 bits per heavy atom. The highest BCUT2D eigenvalue weighted by Crippen LogP contribution is 2.37. The molecule has 0 N–H and O–H groups in total. The van der Waals surface area contributed by atoms with Gasteiger partial charge >= 0.3 is 0 Å². The van der Waals surface area contributed by atoms with E-state index in [0.717, 1.165) is 29.7 Å². The van der Waals surface area contributed by atoms with E-state index < -0.39 is 10.0 Å². The normalized spacial score (nSPS) is 19.3. The molecule has 5 rings (SSSR count). The number of rotatable bonds is 5. The predicted octanol–water partition coefficient (Wildman–Crippen LogP) is 3.66. The summed E-state index contributed by atoms with van der Waals surface area (Å²) < 4.78 is 44.7. The first kappa shape index (κ1) is 19.5. The van der Waals surface area contributed by atoms with E-state index in [4.69, 9.17) is 13.9 Å². The van der Waals surface area contributed by atoms with E-state index in [9.17, 15) is 8.42 Å². The highest BCUT2D eigenvalue weighted by Gasteiger charge is 2.34. The molecule has 2 aliphatic heterocycles. The molecule has 30 heavy (non-hydrogen) atoms. The molecule has 0 spiro atoms. The summed E-state index contributed by atoms with van der Waals surface area (Å²) in [6, 6.07) is 9.04. The molecule has 2 aromatic heterocycles. The molecular formula is C20H21N3O5S2. The zero-order chi connectivity index (χ0) is 20.7. The minimum absolute atomic E-state index is 0.130. The van der Waals surface area contributed by atoms with Crippen molar-refractivity contribution in [3.63, 3.8) is 0 Å². The van der Waals surface area contributed by atoms with E-state index in [-0.39, 0.29) is 12.7 Å². The Bertz CT molecular complexity index is 1170. The van der Waals surface area contributed by atoms with Gasteiger partial charge in [0.2, 0.25) is 18.6 Å². The topological polar surface area (TPSA) is 94.8 Å². The van der Waals surface area contributed by atoms with Gasteiger partial charge in [-0.15, -0.1) is 21.5 Å². The average molecular weight is 448 g/mol. The number of piperidine rings is 1. The smallest absolute Gasteiger partial charge is 0.252 e. The van der Waals surface area contributed by atoms with Crippen molar-refractivity contribution in [1.29, 1.82) is 0 Å². The van der Waals surface area contributed by atoms with Crippen LogP contribution in [0, 0.1) is 0 Å². The fourth-order valence-corrected chi connectivity index (χ4v) is 6.70. The molecule has 158 valence electrons. The molecular weight excluding hydrogens is 426 g/mol. The summed E-state index contributed by atoms with van der Waals surface area (Å²) in [5.74, 6) is 2.04. The van der Waals surface area contributed by atoms with Gasteiger partial charge in [-0.2, -0.15) is 4.31 Å². The summed E-state index contributed by atoms with van der Waals surface area (Å²) in [5, 5.41) is 8.38. The van der Waals surface area contributed by atoms with Gasteiger partial charge in [0, 0.05) is 23.5 Å². The van der Waals surface area contributed by atoms with Crippen LogP contribution in [0.1, 0.15) is 36.5 Å². The number of thiophene rings is 1. The molecule has 3 aromatic rings. The van der Waals surface area contributed by atoms with E-state index >= 15 is 0 Å². The number of benzene rings is 1. The summed E-state index contributed by atoms with van der Waals surface area (Å²) in [4.78, 5) is 1.06. The lowest BCUT2D eigenvalue weighted by atomic mass is 10.00. The molecule has 1 saturated heterocycles. The van der Waals surface area contributed by atoms with Crippen LogP contribution in [0.25, 0.3) is 11.5 Å². The molecule has 10 heteroatoms. The Labute approximate surface area is 178 Å². The SMILES string of the molecule is CCc1ccc(S(=O)(=O)N2CCCC(c3nnc(-c4ccc5c(c4)OCO5)o3)C2)s1. The van der Waals surface area contributed by atoms with Crippen molar-refractivity contribution in [2.45, 2.75) is 36.3 Å². The van der Waals surface area contributed by atoms with E-state index in [1.54, 1.807) is 12.1 Å². The van der Waals surface area contributed by atoms with Crippen molar-refractivity contribution in [1.82, 2.24) is 14.5 Å². The van der Waals surface area contributed by atoms with Gasteiger partial charge in [-0.3, -0.25) is 0 Å². The zero-order valence-electron chi connectivity index (χ0n) is 16.4. The summed E-state index contributed by atoms with van der Waals surface area (Å²) in [6.45, 7) is 3.06. The molecule has 0 radical (unpaired) electrons. The van der Waals surface area contributed by atoms with Crippen LogP contribution in [0.2, 0.25) is 0 Å². The van der Waals surface area contributed by atoms with E-state index in [1.165, 1.54) is 15.6 Å². The Kier molecular flexibility index (Phi) is 5.00. The molecule has 4 heterocycles. The summed E-state index contributed by atoms with van der Waals surface area (Å²) in [7, 11) is -3.51. The molecule has 1 aromatic carbocycles. The zero-order valence-corrected chi connectivity index (χ0v) is 18.0. The predicted molar refractivity (Wildman–Crippen MR) is 110 cm³/mol. The molecule has 8 nitrogen and oxygen atoms in total. The number of hydrogen-bond acceptors (Lipinski definition) is 8. The number of aromatic nitrogens is 2. The number of nitrogens with zero attached hydrogens (tertiary/aromatic N) is 3. The van der Waals surface area contributed by atoms with Crippen LogP contribution < -0.4 is 9.47 Å². The highest BCUT2D eigenvalue weighted by atomic mass is 32.2. The number of sulfonamides is 1. The van der Waals surface area contributed by atoms with Crippen molar-refractivity contribution in [2.24, 2.45) is 0 Å². The lowest BCUT2D eigenvalue weighted by molar-refractivity contribution is 0.174. The molecule has 0 aliphatic carbocycles. The van der Waals surface area contributed by atoms with Gasteiger partial charge < -0.3 is 13.9 Å². The largest absolute Gasteiger partial charge is 0.454 e. The Hall–Kier alpha value is -2.43. The standard InChI is InChI=1S/C20H21N3O5S2/c1-2-15-6-8-18(29-15)30(24,25)23-9-3-4-14(11-23)20-22-21-19(28-20)13-5-7-16-17(10-13)27-12-26-16/h5-8,10,14H,2-4,9,11-12H2,1H3. The molecule has 0 bridgehead atoms. The lowest BCUT2D eigenvalue weighted by Gasteiger charge is -2.29. The maximum absolute atomic E-state index is 13.1. The van der Waals surface area contributed by atoms with Crippen LogP contribution in [0.5, 0.6) is 11.5 Å². The lowest BCUT2D eigenvalue weighted by Crippen LogP contribution is -2.38. The van der Waals surface area contributed by atoms with Crippen molar-refractivity contribution in [3.8, 4) is 23.0 Å². The van der Waals surface area contributed by atoms with Crippen LogP contribution >= 0.6 is 11.3 Å². The molecule has 0 saturated carbocycles. The van der Waals surface area contributed by atoms with Crippen LogP contribution in [-0.4, -0.2) is 42.8 Å². The van der Waals surface area contributed by atoms with Gasteiger partial charge in [0.1, 0.15) is 4.21 Å². The van der Waals surface area contributed by atoms with Gasteiger partial charge in [-0.1, -0.05) is 6.92 Å². The van der Waals surface area contributed by atoms with Gasteiger partial charge in [-0.05, 0) is 49.6 Å². The molecule has 1 unspecified atom stereocenters. The summed E-state index contributed by atoms with van der Waals surface area (Å²) >= 11 is 1.34. The third-order valence-corrected chi connectivity index (χ3v) is 8.94. The number of ether oxygens (including phenoxy) is 2. The molecule has 2 aliphatic rings. The van der Waals surface area contributed by atoms with Crippen LogP contribution in [0.4, 0.5) is 0 Å². The van der Waals surface area contributed by atoms with Gasteiger partial charge in [-0.25, -0.2) is 8.42 Å². The van der Waals surface area contributed by atoms with Gasteiger partial charge in [0.05, 0.1) is 5.92 Å². The summed E-state index contributed by atoms with van der Waals surface area (Å²) in [6.07, 6.45) is 2.38. The molecule has 0 amide bonds. The van der Waals surface area contributed by atoms with Crippen molar-refractivity contribution in [3.05, 3.63) is 41.1 Å². The Morgan fingerprint density at radius 2 is 2.03 bits per heavy atom. The van der Waals surface area contributed by atoms with E-state index in [2.05, 4.69) is 10.2 Å². The second-order valence-corrected chi connectivity index (χ2v) is 10.6. The van der Waals surface area contributed by atoms with E-state index in [1.807, 2.05) is 25.1 Å². The first-order valence-electron chi connectivity index (χ1n) is 9.87. The first-order valence-corrected chi connectivity index (χ1v) is 12.1. The van der Waals surface area contributed by atoms with Gasteiger partial charge in [0.15, 0.2) is 11.5 Å². The van der Waals surface area contributed by atoms with Crippen molar-refractivity contribution in [2.75, 3.05) is 19.9 Å². The minimum atomic E-state index is -3.51. The van der Waals surface area contributed by atoms with Gasteiger partial charge in [0.25, 0.3) is 10.0 Å². The molecule has 1 atom stereocenters. The van der Waals surface area contributed by atoms with Crippen LogP contribution in [0.3, 0.4) is 0 Å². The quantitative estimate of drug-likeness (QED) is 0.589. The van der Waals surface area contributed by atoms with Crippen molar-refractivity contribution >= 4 is 21.4 Å². The highest BCUT2D eigenvalue weighted by molar-refractivity contribution is 7.91.